The van der Waals surface area contributed by atoms with Gasteiger partial charge in [-0.3, -0.25) is 5.32 Å². The van der Waals surface area contributed by atoms with Crippen LogP contribution >= 0.6 is 0 Å². The first-order chi connectivity index (χ1) is 21.4. The van der Waals surface area contributed by atoms with Crippen LogP contribution < -0.4 is 10.6 Å². The lowest BCUT2D eigenvalue weighted by Crippen LogP contribution is -2.57. The number of benzene rings is 1. The molecule has 0 saturated heterocycles. The van der Waals surface area contributed by atoms with Crippen LogP contribution in [0.15, 0.2) is 47.2 Å². The zero-order chi connectivity index (χ0) is 34.7. The highest BCUT2D eigenvalue weighted by atomic mass is 16.6. The molecule has 1 aliphatic rings. The molecule has 0 bridgehead atoms. The molecule has 5 atom stereocenters. The fraction of sp³-hybridized carbons (Fsp3) is 0.581. The number of methoxy groups -OCH3 is 1. The minimum Gasteiger partial charge on any atom is -0.480 e. The van der Waals surface area contributed by atoms with Crippen LogP contribution in [0.1, 0.15) is 54.0 Å². The third kappa shape index (κ3) is 13.0. The zero-order valence-electron chi connectivity index (χ0n) is 27.4. The molecule has 0 unspecified atom stereocenters. The number of aliphatic hydroxyl groups excluding tert-OH is 2. The van der Waals surface area contributed by atoms with E-state index < -0.39 is 78.8 Å². The van der Waals surface area contributed by atoms with Crippen molar-refractivity contribution in [1.82, 2.24) is 10.6 Å². The molecule has 15 heteroatoms. The van der Waals surface area contributed by atoms with Gasteiger partial charge < -0.3 is 44.0 Å². The summed E-state index contributed by atoms with van der Waals surface area (Å²) in [6.45, 7) is 10.1. The van der Waals surface area contributed by atoms with E-state index in [0.717, 1.165) is 12.7 Å². The van der Waals surface area contributed by atoms with Gasteiger partial charge in [0.05, 0.1) is 19.8 Å². The standard InChI is InChI=1S/C31H45N3O12/c1-18-20(32-27(33-28(39)45-30(2,3)4)34-29(40)46-31(5,6)7)14-22(26(38)41-8)44-24(18)25(21(36)15-35)43-17-23(37)42-16-19-12-10-9-11-13-19/h9-14,18,20-21,24-25,35-36H,15-17H2,1-8H3,(H2,32,33,34,39,40)/t18-,20+,21-,24-,25-/m1/s1. The molecule has 2 amide bonds. The van der Waals surface area contributed by atoms with E-state index in [1.807, 2.05) is 6.07 Å². The number of nitrogens with one attached hydrogen (secondary N) is 2. The van der Waals surface area contributed by atoms with Gasteiger partial charge in [0, 0.05) is 5.92 Å². The highest BCUT2D eigenvalue weighted by molar-refractivity contribution is 5.99. The minimum absolute atomic E-state index is 0.0157. The average molecular weight is 652 g/mol. The number of nitrogens with zero attached hydrogens (tertiary/aromatic N) is 1. The third-order valence-corrected chi connectivity index (χ3v) is 6.11. The maximum atomic E-state index is 12.6. The summed E-state index contributed by atoms with van der Waals surface area (Å²) in [6.07, 6.45) is -4.78. The Morgan fingerprint density at radius 3 is 2.22 bits per heavy atom. The largest absolute Gasteiger partial charge is 0.480 e. The molecular weight excluding hydrogens is 606 g/mol. The summed E-state index contributed by atoms with van der Waals surface area (Å²) in [7, 11) is 1.13. The van der Waals surface area contributed by atoms with E-state index >= 15 is 0 Å². The van der Waals surface area contributed by atoms with Gasteiger partial charge in [0.15, 0.2) is 0 Å². The molecule has 15 nitrogen and oxygen atoms in total. The number of esters is 2. The first-order valence-electron chi connectivity index (χ1n) is 14.6. The number of carbonyl (C=O) groups excluding carboxylic acids is 4. The van der Waals surface area contributed by atoms with Crippen molar-refractivity contribution >= 4 is 30.1 Å². The fourth-order valence-corrected chi connectivity index (χ4v) is 4.07. The van der Waals surface area contributed by atoms with E-state index in [1.54, 1.807) is 72.7 Å². The average Bonchev–Trinajstić information content (AvgIpc) is 2.95. The van der Waals surface area contributed by atoms with E-state index in [9.17, 15) is 29.4 Å². The number of amides is 2. The highest BCUT2D eigenvalue weighted by Gasteiger charge is 2.43. The maximum absolute atomic E-state index is 12.6. The van der Waals surface area contributed by atoms with Crippen LogP contribution in [0.4, 0.5) is 9.59 Å². The van der Waals surface area contributed by atoms with Crippen LogP contribution in [0.25, 0.3) is 0 Å². The molecule has 1 aliphatic heterocycles. The van der Waals surface area contributed by atoms with Gasteiger partial charge in [0.1, 0.15) is 42.7 Å². The predicted molar refractivity (Wildman–Crippen MR) is 163 cm³/mol. The second-order valence-electron chi connectivity index (χ2n) is 12.4. The van der Waals surface area contributed by atoms with E-state index in [-0.39, 0.29) is 18.3 Å². The van der Waals surface area contributed by atoms with Crippen molar-refractivity contribution in [2.24, 2.45) is 10.9 Å². The van der Waals surface area contributed by atoms with Crippen molar-refractivity contribution in [2.75, 3.05) is 20.3 Å². The van der Waals surface area contributed by atoms with Crippen LogP contribution in [0.3, 0.4) is 0 Å². The number of carbonyl (C=O) groups is 4. The smallest absolute Gasteiger partial charge is 0.437 e. The number of alkyl carbamates (subject to hydrolysis) is 1. The number of hydrogen-bond acceptors (Lipinski definition) is 12. The number of hydrogen-bond donors (Lipinski definition) is 4. The Bertz CT molecular complexity index is 1250. The summed E-state index contributed by atoms with van der Waals surface area (Å²) < 4.78 is 32.2. The predicted octanol–water partition coefficient (Wildman–Crippen LogP) is 2.33. The van der Waals surface area contributed by atoms with Crippen LogP contribution in [0, 0.1) is 5.92 Å². The topological polar surface area (TPSA) is 201 Å². The molecular formula is C31H45N3O12. The van der Waals surface area contributed by atoms with Gasteiger partial charge in [-0.1, -0.05) is 37.3 Å². The van der Waals surface area contributed by atoms with Gasteiger partial charge in [-0.2, -0.15) is 0 Å². The molecule has 0 spiro atoms. The Kier molecular flexibility index (Phi) is 14.0. The third-order valence-electron chi connectivity index (χ3n) is 6.11. The van der Waals surface area contributed by atoms with E-state index in [1.165, 1.54) is 6.08 Å². The molecule has 2 rings (SSSR count). The number of aliphatic hydroxyl groups is 2. The van der Waals surface area contributed by atoms with Gasteiger partial charge >= 0.3 is 24.1 Å². The Hall–Kier alpha value is -4.21. The lowest BCUT2D eigenvalue weighted by molar-refractivity contribution is -0.172. The molecule has 1 aromatic rings. The molecule has 0 fully saturated rings. The summed E-state index contributed by atoms with van der Waals surface area (Å²) in [5.74, 6) is -3.08. The lowest BCUT2D eigenvalue weighted by atomic mass is 9.87. The van der Waals surface area contributed by atoms with Gasteiger partial charge in [-0.05, 0) is 53.2 Å². The summed E-state index contributed by atoms with van der Waals surface area (Å²) in [6, 6.07) is 8.01. The van der Waals surface area contributed by atoms with Crippen molar-refractivity contribution in [3.05, 3.63) is 47.7 Å². The summed E-state index contributed by atoms with van der Waals surface area (Å²) >= 11 is 0. The SMILES string of the molecule is COC(=O)C1=C[C@H](N/C(=N/C(=O)OC(C)(C)C)NC(=O)OC(C)(C)C)[C@@H](C)[C@H]([C@H](OCC(=O)OCc2ccccc2)[C@H](O)CO)O1. The molecule has 0 aliphatic carbocycles. The van der Waals surface area contributed by atoms with Crippen LogP contribution in [0.2, 0.25) is 0 Å². The van der Waals surface area contributed by atoms with Gasteiger partial charge in [0.25, 0.3) is 0 Å². The van der Waals surface area contributed by atoms with Gasteiger partial charge in [-0.25, -0.2) is 19.2 Å². The van der Waals surface area contributed by atoms with E-state index in [0.29, 0.717) is 0 Å². The zero-order valence-corrected chi connectivity index (χ0v) is 27.4. The summed E-state index contributed by atoms with van der Waals surface area (Å²) in [5.41, 5.74) is -1.04. The second kappa shape index (κ2) is 16.9. The Labute approximate surface area is 268 Å². The summed E-state index contributed by atoms with van der Waals surface area (Å²) in [5, 5.41) is 25.7. The number of aliphatic imine (C=N–C) groups is 1. The second-order valence-corrected chi connectivity index (χ2v) is 12.4. The number of ether oxygens (including phenoxy) is 6. The van der Waals surface area contributed by atoms with Crippen molar-refractivity contribution in [3.63, 3.8) is 0 Å². The van der Waals surface area contributed by atoms with Crippen molar-refractivity contribution in [2.45, 2.75) is 90.6 Å². The van der Waals surface area contributed by atoms with Gasteiger partial charge in [-0.15, -0.1) is 4.99 Å². The lowest BCUT2D eigenvalue weighted by Gasteiger charge is -2.40. The molecule has 1 heterocycles. The van der Waals surface area contributed by atoms with Crippen molar-refractivity contribution in [3.8, 4) is 0 Å². The number of rotatable bonds is 10. The Balaban J connectivity index is 2.36. The van der Waals surface area contributed by atoms with Gasteiger partial charge in [0.2, 0.25) is 11.7 Å². The normalized spacial score (nSPS) is 19.8. The Morgan fingerprint density at radius 1 is 1.02 bits per heavy atom. The fourth-order valence-electron chi connectivity index (χ4n) is 4.07. The molecule has 0 radical (unpaired) electrons. The maximum Gasteiger partial charge on any atom is 0.437 e. The molecule has 4 N–H and O–H groups in total. The van der Waals surface area contributed by atoms with Crippen LogP contribution in [-0.2, 0) is 44.6 Å². The first kappa shape index (κ1) is 38.0. The monoisotopic (exact) mass is 651 g/mol. The Morgan fingerprint density at radius 2 is 1.65 bits per heavy atom. The highest BCUT2D eigenvalue weighted by Crippen LogP contribution is 2.29. The van der Waals surface area contributed by atoms with Crippen LogP contribution in [0.5, 0.6) is 0 Å². The van der Waals surface area contributed by atoms with Crippen LogP contribution in [-0.4, -0.2) is 96.2 Å². The minimum atomic E-state index is -1.57. The van der Waals surface area contributed by atoms with E-state index in [2.05, 4.69) is 15.6 Å². The quantitative estimate of drug-likeness (QED) is 0.124. The molecule has 0 saturated carbocycles. The molecule has 46 heavy (non-hydrogen) atoms. The molecule has 0 aromatic heterocycles. The summed E-state index contributed by atoms with van der Waals surface area (Å²) in [4.78, 5) is 54.1. The van der Waals surface area contributed by atoms with Crippen molar-refractivity contribution < 1.29 is 57.8 Å². The molecule has 1 aromatic carbocycles. The first-order valence-corrected chi connectivity index (χ1v) is 14.6. The van der Waals surface area contributed by atoms with E-state index in [4.69, 9.17) is 28.4 Å². The number of guanidine groups is 1. The molecule has 256 valence electrons. The van der Waals surface area contributed by atoms with Crippen molar-refractivity contribution in [1.29, 1.82) is 0 Å².